The van der Waals surface area contributed by atoms with Crippen LogP contribution in [0.1, 0.15) is 12.8 Å². The minimum Gasteiger partial charge on any atom is -0.411 e. The highest BCUT2D eigenvalue weighted by Gasteiger charge is 2.64. The zero-order valence-corrected chi connectivity index (χ0v) is 8.30. The Balaban J connectivity index is 2.39. The van der Waals surface area contributed by atoms with Crippen LogP contribution in [0.15, 0.2) is 5.16 Å². The second-order valence-corrected chi connectivity index (χ2v) is 3.84. The Labute approximate surface area is 82.3 Å². The van der Waals surface area contributed by atoms with E-state index in [1.165, 1.54) is 0 Å². The van der Waals surface area contributed by atoms with Gasteiger partial charge in [-0.3, -0.25) is 0 Å². The van der Waals surface area contributed by atoms with Crippen LogP contribution >= 0.6 is 0 Å². The lowest BCUT2D eigenvalue weighted by molar-refractivity contribution is -0.237. The maximum atomic E-state index is 9.83. The van der Waals surface area contributed by atoms with E-state index in [4.69, 9.17) is 14.7 Å². The first-order valence-electron chi connectivity index (χ1n) is 4.71. The van der Waals surface area contributed by atoms with Gasteiger partial charge in [0.15, 0.2) is 5.79 Å². The summed E-state index contributed by atoms with van der Waals surface area (Å²) < 4.78 is 10.7. The predicted molar refractivity (Wildman–Crippen MR) is 48.2 cm³/mol. The lowest BCUT2D eigenvalue weighted by atomic mass is 9.96. The molecule has 0 unspecified atom stereocenters. The van der Waals surface area contributed by atoms with Crippen LogP contribution in [0.4, 0.5) is 0 Å². The van der Waals surface area contributed by atoms with Crippen molar-refractivity contribution in [1.29, 1.82) is 0 Å². The zero-order valence-electron chi connectivity index (χ0n) is 8.30. The summed E-state index contributed by atoms with van der Waals surface area (Å²) in [5, 5.41) is 21.8. The largest absolute Gasteiger partial charge is 0.411 e. The molecule has 14 heavy (non-hydrogen) atoms. The van der Waals surface area contributed by atoms with Crippen molar-refractivity contribution < 1.29 is 19.8 Å². The van der Waals surface area contributed by atoms with Gasteiger partial charge in [0.25, 0.3) is 0 Å². The van der Waals surface area contributed by atoms with Crippen molar-refractivity contribution in [1.82, 2.24) is 0 Å². The third-order valence-electron chi connectivity index (χ3n) is 3.56. The number of ether oxygens (including phenoxy) is 2. The summed E-state index contributed by atoms with van der Waals surface area (Å²) in [7, 11) is 3.11. The molecule has 0 heterocycles. The normalized spacial score (nSPS) is 42.2. The van der Waals surface area contributed by atoms with E-state index >= 15 is 0 Å². The molecular formula is C9H15NO4. The molecule has 3 atom stereocenters. The molecule has 80 valence electrons. The Morgan fingerprint density at radius 3 is 2.36 bits per heavy atom. The summed E-state index contributed by atoms with van der Waals surface area (Å²) in [6.07, 6.45) is 0.939. The SMILES string of the molecule is COC1(OC)[C@@H]2CC[C@H]1[C@H](O)/C2=N/O. The van der Waals surface area contributed by atoms with Gasteiger partial charge in [-0.05, 0) is 12.8 Å². The third-order valence-corrected chi connectivity index (χ3v) is 3.56. The highest BCUT2D eigenvalue weighted by atomic mass is 16.7. The summed E-state index contributed by atoms with van der Waals surface area (Å²) in [4.78, 5) is 0. The Hall–Kier alpha value is -0.650. The molecular weight excluding hydrogens is 186 g/mol. The van der Waals surface area contributed by atoms with Gasteiger partial charge in [-0.1, -0.05) is 5.16 Å². The first kappa shape index (κ1) is 9.89. The highest BCUT2D eigenvalue weighted by molar-refractivity contribution is 5.95. The fourth-order valence-corrected chi connectivity index (χ4v) is 2.95. The van der Waals surface area contributed by atoms with Crippen molar-refractivity contribution in [3.63, 3.8) is 0 Å². The van der Waals surface area contributed by atoms with E-state index in [-0.39, 0.29) is 11.8 Å². The number of hydrogen-bond acceptors (Lipinski definition) is 5. The van der Waals surface area contributed by atoms with E-state index in [9.17, 15) is 5.11 Å². The summed E-state index contributed by atoms with van der Waals surface area (Å²) in [6, 6.07) is 0. The molecule has 0 aliphatic heterocycles. The van der Waals surface area contributed by atoms with Crippen LogP contribution in [0.5, 0.6) is 0 Å². The average Bonchev–Trinajstić information content (AvgIpc) is 2.68. The third kappa shape index (κ3) is 0.920. The number of methoxy groups -OCH3 is 2. The van der Waals surface area contributed by atoms with Gasteiger partial charge in [0, 0.05) is 20.1 Å². The minimum absolute atomic E-state index is 0.117. The second kappa shape index (κ2) is 3.18. The van der Waals surface area contributed by atoms with E-state index in [1.54, 1.807) is 14.2 Å². The lowest BCUT2D eigenvalue weighted by Gasteiger charge is -2.30. The molecule has 0 spiro atoms. The van der Waals surface area contributed by atoms with Gasteiger partial charge in [0.2, 0.25) is 0 Å². The Bertz CT molecular complexity index is 262. The van der Waals surface area contributed by atoms with Gasteiger partial charge >= 0.3 is 0 Å². The Morgan fingerprint density at radius 1 is 1.36 bits per heavy atom. The first-order valence-corrected chi connectivity index (χ1v) is 4.71. The number of fused-ring (bicyclic) bond motifs is 2. The maximum absolute atomic E-state index is 9.83. The van der Waals surface area contributed by atoms with Gasteiger partial charge < -0.3 is 19.8 Å². The smallest absolute Gasteiger partial charge is 0.181 e. The van der Waals surface area contributed by atoms with E-state index in [0.717, 1.165) is 12.8 Å². The average molecular weight is 201 g/mol. The molecule has 0 aromatic heterocycles. The number of oxime groups is 1. The molecule has 5 heteroatoms. The fraction of sp³-hybridized carbons (Fsp3) is 0.889. The van der Waals surface area contributed by atoms with E-state index in [1.807, 2.05) is 0 Å². The molecule has 2 fully saturated rings. The molecule has 2 saturated carbocycles. The van der Waals surface area contributed by atoms with Gasteiger partial charge in [-0.25, -0.2) is 0 Å². The van der Waals surface area contributed by atoms with Crippen molar-refractivity contribution in [2.24, 2.45) is 17.0 Å². The lowest BCUT2D eigenvalue weighted by Crippen LogP contribution is -2.40. The minimum atomic E-state index is -0.791. The number of rotatable bonds is 2. The molecule has 0 saturated heterocycles. The number of aliphatic hydroxyl groups is 1. The highest BCUT2D eigenvalue weighted by Crippen LogP contribution is 2.52. The van der Waals surface area contributed by atoms with Gasteiger partial charge in [0.1, 0.15) is 6.10 Å². The quantitative estimate of drug-likeness (QED) is 0.380. The molecule has 0 amide bonds. The summed E-state index contributed by atoms with van der Waals surface area (Å²) in [5.74, 6) is -1.03. The molecule has 2 rings (SSSR count). The van der Waals surface area contributed by atoms with Crippen molar-refractivity contribution in [2.75, 3.05) is 14.2 Å². The topological polar surface area (TPSA) is 71.3 Å². The molecule has 2 aliphatic rings. The number of nitrogens with zero attached hydrogens (tertiary/aromatic N) is 1. The van der Waals surface area contributed by atoms with Crippen LogP contribution in [0, 0.1) is 11.8 Å². The van der Waals surface area contributed by atoms with Crippen LogP contribution in [0.3, 0.4) is 0 Å². The zero-order chi connectivity index (χ0) is 10.3. The van der Waals surface area contributed by atoms with Crippen LogP contribution < -0.4 is 0 Å². The standard InChI is InChI=1S/C9H15NO4/c1-13-9(14-2)5-3-4-6(9)8(11)7(5)10-12/h5-6,8,11-12H,3-4H2,1-2H3/b10-7+/t5-,6+,8+/m1/s1. The number of hydrogen-bond donors (Lipinski definition) is 2. The molecule has 0 aromatic rings. The molecule has 0 aromatic carbocycles. The maximum Gasteiger partial charge on any atom is 0.181 e. The monoisotopic (exact) mass is 201 g/mol. The summed E-state index contributed by atoms with van der Waals surface area (Å²) in [5.41, 5.74) is 0.393. The molecule has 5 nitrogen and oxygen atoms in total. The van der Waals surface area contributed by atoms with Crippen LogP contribution in [-0.2, 0) is 9.47 Å². The molecule has 0 radical (unpaired) electrons. The molecule has 2 bridgehead atoms. The van der Waals surface area contributed by atoms with Crippen LogP contribution in [0.2, 0.25) is 0 Å². The fourth-order valence-electron chi connectivity index (χ4n) is 2.95. The van der Waals surface area contributed by atoms with Crippen molar-refractivity contribution in [2.45, 2.75) is 24.7 Å². The first-order chi connectivity index (χ1) is 6.71. The molecule has 2 N–H and O–H groups in total. The van der Waals surface area contributed by atoms with Crippen LogP contribution in [0.25, 0.3) is 0 Å². The summed E-state index contributed by atoms with van der Waals surface area (Å²) >= 11 is 0. The van der Waals surface area contributed by atoms with Crippen LogP contribution in [-0.4, -0.2) is 42.1 Å². The molecule has 2 aliphatic carbocycles. The van der Waals surface area contributed by atoms with Gasteiger partial charge in [0.05, 0.1) is 11.6 Å². The predicted octanol–water partition coefficient (Wildman–Crippen LogP) is 0.206. The van der Waals surface area contributed by atoms with E-state index < -0.39 is 11.9 Å². The van der Waals surface area contributed by atoms with Crippen molar-refractivity contribution in [3.05, 3.63) is 0 Å². The van der Waals surface area contributed by atoms with Gasteiger partial charge in [-0.2, -0.15) is 0 Å². The van der Waals surface area contributed by atoms with Gasteiger partial charge in [-0.15, -0.1) is 0 Å². The summed E-state index contributed by atoms with van der Waals surface area (Å²) in [6.45, 7) is 0. The van der Waals surface area contributed by atoms with Crippen molar-refractivity contribution in [3.8, 4) is 0 Å². The Kier molecular flexibility index (Phi) is 2.25. The number of aliphatic hydroxyl groups excluding tert-OH is 1. The van der Waals surface area contributed by atoms with E-state index in [0.29, 0.717) is 5.71 Å². The van der Waals surface area contributed by atoms with Crippen molar-refractivity contribution >= 4 is 5.71 Å². The van der Waals surface area contributed by atoms with E-state index in [2.05, 4.69) is 5.16 Å². The Morgan fingerprint density at radius 2 is 2.00 bits per heavy atom. The second-order valence-electron chi connectivity index (χ2n) is 3.84.